The summed E-state index contributed by atoms with van der Waals surface area (Å²) >= 11 is 0. The topological polar surface area (TPSA) is 144 Å². The third kappa shape index (κ3) is 5.17. The molecule has 5 heterocycles. The largest absolute Gasteiger partial charge is 0.474 e. The summed E-state index contributed by atoms with van der Waals surface area (Å²) in [4.78, 5) is 34.6. The van der Waals surface area contributed by atoms with E-state index in [0.717, 1.165) is 53.1 Å². The predicted molar refractivity (Wildman–Crippen MR) is 145 cm³/mol. The molecular formula is C27H31F3N10O2. The molecule has 1 amide bonds. The predicted octanol–water partition coefficient (Wildman–Crippen LogP) is 2.69. The maximum Gasteiger partial charge on any atom is 0.451 e. The molecule has 2 fully saturated rings. The van der Waals surface area contributed by atoms with Crippen LogP contribution in [0.25, 0.3) is 22.3 Å². The van der Waals surface area contributed by atoms with E-state index >= 15 is 0 Å². The molecule has 2 aliphatic rings. The number of carbonyl (C=O) groups excluding carboxylic acids is 1. The van der Waals surface area contributed by atoms with Crippen molar-refractivity contribution in [1.29, 1.82) is 0 Å². The van der Waals surface area contributed by atoms with Gasteiger partial charge >= 0.3 is 6.18 Å². The van der Waals surface area contributed by atoms with E-state index in [0.29, 0.717) is 25.4 Å². The smallest absolute Gasteiger partial charge is 0.451 e. The summed E-state index contributed by atoms with van der Waals surface area (Å²) in [7, 11) is 2.89. The molecule has 15 heteroatoms. The number of hydrogen-bond acceptors (Lipinski definition) is 9. The van der Waals surface area contributed by atoms with Gasteiger partial charge in [-0.15, -0.1) is 0 Å². The third-order valence-corrected chi connectivity index (χ3v) is 8.10. The minimum Gasteiger partial charge on any atom is -0.474 e. The highest BCUT2D eigenvalue weighted by molar-refractivity contribution is 5.92. The Kier molecular flexibility index (Phi) is 7.09. The Bertz CT molecular complexity index is 1590. The van der Waals surface area contributed by atoms with Gasteiger partial charge in [-0.3, -0.25) is 14.4 Å². The van der Waals surface area contributed by atoms with Crippen LogP contribution in [-0.2, 0) is 11.7 Å². The molecule has 0 aromatic carbocycles. The molecule has 0 unspecified atom stereocenters. The third-order valence-electron chi connectivity index (χ3n) is 8.10. The van der Waals surface area contributed by atoms with Crippen LogP contribution in [0.2, 0.25) is 0 Å². The Morgan fingerprint density at radius 1 is 1.19 bits per heavy atom. The Morgan fingerprint density at radius 3 is 2.64 bits per heavy atom. The number of nitrogens with zero attached hydrogens (tertiary/aromatic N) is 8. The lowest BCUT2D eigenvalue weighted by Crippen LogP contribution is -2.68. The molecular weight excluding hydrogens is 553 g/mol. The van der Waals surface area contributed by atoms with Crippen molar-refractivity contribution >= 4 is 16.9 Å². The average molecular weight is 585 g/mol. The van der Waals surface area contributed by atoms with Crippen LogP contribution in [-0.4, -0.2) is 96.3 Å². The highest BCUT2D eigenvalue weighted by atomic mass is 19.4. The lowest BCUT2D eigenvalue weighted by Gasteiger charge is -2.53. The zero-order valence-corrected chi connectivity index (χ0v) is 23.2. The average Bonchev–Trinajstić information content (AvgIpc) is 3.63. The fourth-order valence-corrected chi connectivity index (χ4v) is 5.79. The van der Waals surface area contributed by atoms with Crippen LogP contribution in [0.3, 0.4) is 0 Å². The van der Waals surface area contributed by atoms with Crippen molar-refractivity contribution in [2.45, 2.75) is 49.5 Å². The lowest BCUT2D eigenvalue weighted by atomic mass is 9.83. The molecule has 0 spiro atoms. The van der Waals surface area contributed by atoms with Crippen molar-refractivity contribution in [2.24, 2.45) is 5.73 Å². The van der Waals surface area contributed by atoms with Crippen LogP contribution in [0, 0.1) is 0 Å². The molecule has 4 aromatic heterocycles. The maximum absolute atomic E-state index is 13.4. The number of amides is 1. The molecule has 1 aliphatic carbocycles. The molecule has 222 valence electrons. The van der Waals surface area contributed by atoms with E-state index in [2.05, 4.69) is 34.9 Å². The number of ether oxygens (including phenoxy) is 1. The zero-order valence-electron chi connectivity index (χ0n) is 23.2. The van der Waals surface area contributed by atoms with Crippen molar-refractivity contribution in [3.8, 4) is 17.1 Å². The first-order valence-electron chi connectivity index (χ1n) is 13.7. The van der Waals surface area contributed by atoms with Crippen LogP contribution in [0.1, 0.15) is 42.0 Å². The van der Waals surface area contributed by atoms with E-state index in [9.17, 15) is 18.0 Å². The minimum absolute atomic E-state index is 0.243. The first-order chi connectivity index (χ1) is 20.1. The lowest BCUT2D eigenvalue weighted by molar-refractivity contribution is -0.145. The summed E-state index contributed by atoms with van der Waals surface area (Å²) in [6.45, 7) is 1.90. The van der Waals surface area contributed by atoms with Gasteiger partial charge in [-0.1, -0.05) is 0 Å². The first kappa shape index (κ1) is 28.0. The quantitative estimate of drug-likeness (QED) is 0.335. The van der Waals surface area contributed by atoms with Gasteiger partial charge in [0.2, 0.25) is 11.7 Å². The number of alkyl halides is 3. The number of nitrogens with one attached hydrogen (secondary N) is 1. The molecule has 1 saturated carbocycles. The number of carbonyl (C=O) groups is 1. The van der Waals surface area contributed by atoms with Crippen molar-refractivity contribution in [3.05, 3.63) is 48.6 Å². The standard InChI is InChI=1S/C27H31F3N10O2/c1-38(2)24(41)20-9-21(37-25(36-20)27(28,29)30)42-18-5-3-17(4-6-18)39-13-26(12-31,14-39)40-11-16(10-35-40)22-19-7-8-32-23(19)34-15-33-22/h7-11,15,17-18H,3-6,12-14,31H2,1-2H3,(H,32,33,34). The first-order valence-corrected chi connectivity index (χ1v) is 13.7. The molecule has 6 rings (SSSR count). The van der Waals surface area contributed by atoms with E-state index in [4.69, 9.17) is 10.5 Å². The molecule has 1 aliphatic heterocycles. The second kappa shape index (κ2) is 10.6. The number of rotatable bonds is 7. The number of likely N-dealkylation sites (tertiary alicyclic amines) is 1. The van der Waals surface area contributed by atoms with Gasteiger partial charge in [0.05, 0.1) is 11.9 Å². The highest BCUT2D eigenvalue weighted by Crippen LogP contribution is 2.37. The van der Waals surface area contributed by atoms with Crippen LogP contribution >= 0.6 is 0 Å². The van der Waals surface area contributed by atoms with Gasteiger partial charge in [-0.25, -0.2) is 15.0 Å². The summed E-state index contributed by atoms with van der Waals surface area (Å²) < 4.78 is 48.0. The number of aromatic nitrogens is 7. The molecule has 3 N–H and O–H groups in total. The molecule has 0 atom stereocenters. The SMILES string of the molecule is CN(C)C(=O)c1cc(OC2CCC(N3CC(CN)(n4cc(-c5ncnc6[nH]ccc56)cn4)C3)CC2)nc(C(F)(F)F)n1. The van der Waals surface area contributed by atoms with E-state index < -0.39 is 17.9 Å². The molecule has 42 heavy (non-hydrogen) atoms. The molecule has 1 saturated heterocycles. The van der Waals surface area contributed by atoms with Gasteiger partial charge in [0.15, 0.2) is 0 Å². The number of hydrogen-bond donors (Lipinski definition) is 2. The summed E-state index contributed by atoms with van der Waals surface area (Å²) in [6, 6.07) is 3.41. The maximum atomic E-state index is 13.4. The van der Waals surface area contributed by atoms with Crippen molar-refractivity contribution < 1.29 is 22.7 Å². The fourth-order valence-electron chi connectivity index (χ4n) is 5.79. The van der Waals surface area contributed by atoms with Crippen molar-refractivity contribution in [2.75, 3.05) is 33.7 Å². The van der Waals surface area contributed by atoms with Crippen LogP contribution in [0.4, 0.5) is 13.2 Å². The number of aromatic amines is 1. The van der Waals surface area contributed by atoms with E-state index in [-0.39, 0.29) is 23.2 Å². The normalized spacial score (nSPS) is 20.8. The van der Waals surface area contributed by atoms with E-state index in [1.165, 1.54) is 26.5 Å². The molecule has 0 bridgehead atoms. The Balaban J connectivity index is 1.08. The van der Waals surface area contributed by atoms with Gasteiger partial charge < -0.3 is 20.4 Å². The number of nitrogens with two attached hydrogens (primary N) is 1. The minimum atomic E-state index is -4.80. The molecule has 4 aromatic rings. The van der Waals surface area contributed by atoms with Gasteiger partial charge in [-0.05, 0) is 31.7 Å². The molecule has 12 nitrogen and oxygen atoms in total. The second-order valence-corrected chi connectivity index (χ2v) is 11.1. The highest BCUT2D eigenvalue weighted by Gasteiger charge is 2.47. The zero-order chi connectivity index (χ0) is 29.6. The van der Waals surface area contributed by atoms with Gasteiger partial charge in [-0.2, -0.15) is 23.3 Å². The van der Waals surface area contributed by atoms with E-state index in [1.54, 1.807) is 6.20 Å². The Morgan fingerprint density at radius 2 is 1.95 bits per heavy atom. The Labute approximate surface area is 239 Å². The van der Waals surface area contributed by atoms with Gasteiger partial charge in [0, 0.05) is 69.2 Å². The van der Waals surface area contributed by atoms with Crippen LogP contribution in [0.5, 0.6) is 5.88 Å². The summed E-state index contributed by atoms with van der Waals surface area (Å²) in [5, 5.41) is 5.56. The summed E-state index contributed by atoms with van der Waals surface area (Å²) in [5.74, 6) is -2.29. The van der Waals surface area contributed by atoms with Crippen molar-refractivity contribution in [3.63, 3.8) is 0 Å². The van der Waals surface area contributed by atoms with Crippen molar-refractivity contribution in [1.82, 2.24) is 44.5 Å². The second-order valence-electron chi connectivity index (χ2n) is 11.1. The fraction of sp³-hybridized carbons (Fsp3) is 0.481. The summed E-state index contributed by atoms with van der Waals surface area (Å²) in [6.07, 6.45) is 4.92. The molecule has 0 radical (unpaired) electrons. The van der Waals surface area contributed by atoms with Gasteiger partial charge in [0.25, 0.3) is 5.91 Å². The van der Waals surface area contributed by atoms with Crippen LogP contribution < -0.4 is 10.5 Å². The monoisotopic (exact) mass is 584 g/mol. The summed E-state index contributed by atoms with van der Waals surface area (Å²) in [5.41, 5.74) is 8.02. The van der Waals surface area contributed by atoms with E-state index in [1.807, 2.05) is 23.1 Å². The Hall–Kier alpha value is -4.11. The number of halogens is 3. The number of fused-ring (bicyclic) bond motifs is 1. The van der Waals surface area contributed by atoms with Gasteiger partial charge in [0.1, 0.15) is 29.3 Å². The number of H-pyrrole nitrogens is 1. The van der Waals surface area contributed by atoms with Crippen LogP contribution in [0.15, 0.2) is 37.1 Å².